The van der Waals surface area contributed by atoms with Gasteiger partial charge >= 0.3 is 0 Å². The summed E-state index contributed by atoms with van der Waals surface area (Å²) in [6.07, 6.45) is 7.38. The van der Waals surface area contributed by atoms with Crippen LogP contribution in [0.15, 0.2) is 72.3 Å². The molecule has 30 heavy (non-hydrogen) atoms. The highest BCUT2D eigenvalue weighted by Crippen LogP contribution is 2.33. The quantitative estimate of drug-likeness (QED) is 0.414. The monoisotopic (exact) mass is 421 g/mol. The molecular formula is C25H31N3OS. The highest BCUT2D eigenvalue weighted by molar-refractivity contribution is 8.00. The molecule has 0 fully saturated rings. The maximum atomic E-state index is 11.2. The summed E-state index contributed by atoms with van der Waals surface area (Å²) in [5.41, 5.74) is 8.95. The first-order valence-corrected chi connectivity index (χ1v) is 11.0. The molecule has 1 amide bonds. The number of amides is 1. The number of pyridine rings is 1. The topological polar surface area (TPSA) is 79.8 Å². The number of hydrogen-bond donors (Lipinski definition) is 1. The van der Waals surface area contributed by atoms with Crippen LogP contribution in [0.3, 0.4) is 0 Å². The second-order valence-electron chi connectivity index (χ2n) is 5.33. The molecule has 2 N–H and O–H groups in total. The Morgan fingerprint density at radius 1 is 1.23 bits per heavy atom. The molecular weight excluding hydrogens is 390 g/mol. The number of carbonyl (C=O) groups excluding carboxylic acids is 1. The summed E-state index contributed by atoms with van der Waals surface area (Å²) >= 11 is 1.17. The minimum Gasteiger partial charge on any atom is -0.369 e. The lowest BCUT2D eigenvalue weighted by atomic mass is 9.99. The highest BCUT2D eigenvalue weighted by Gasteiger charge is 2.16. The minimum atomic E-state index is -0.456. The summed E-state index contributed by atoms with van der Waals surface area (Å²) in [6, 6.07) is 13.7. The second kappa shape index (κ2) is 15.8. The zero-order valence-electron chi connectivity index (χ0n) is 18.5. The van der Waals surface area contributed by atoms with Crippen LogP contribution in [0.2, 0.25) is 0 Å². The van der Waals surface area contributed by atoms with Gasteiger partial charge in [0.05, 0.1) is 17.0 Å². The van der Waals surface area contributed by atoms with E-state index in [0.29, 0.717) is 16.3 Å². The SMILES string of the molecule is C=C/C=C(\C=C/C)c1cc(-c2ccccc2)c(C#N)c(SCC(N)=O)n1.CC.CC. The Bertz CT molecular complexity index is 910. The van der Waals surface area contributed by atoms with Gasteiger partial charge in [-0.25, -0.2) is 4.98 Å². The molecule has 0 saturated carbocycles. The van der Waals surface area contributed by atoms with Crippen molar-refractivity contribution in [3.8, 4) is 17.2 Å². The van der Waals surface area contributed by atoms with Crippen molar-refractivity contribution in [2.45, 2.75) is 39.6 Å². The molecule has 1 aromatic heterocycles. The molecule has 2 rings (SSSR count). The fourth-order valence-electron chi connectivity index (χ4n) is 2.40. The fraction of sp³-hybridized carbons (Fsp3) is 0.240. The Kier molecular flexibility index (Phi) is 14.1. The van der Waals surface area contributed by atoms with Crippen molar-refractivity contribution < 1.29 is 4.79 Å². The molecule has 0 aliphatic carbocycles. The van der Waals surface area contributed by atoms with Gasteiger partial charge in [-0.15, -0.1) is 0 Å². The highest BCUT2D eigenvalue weighted by atomic mass is 32.2. The van der Waals surface area contributed by atoms with Gasteiger partial charge in [0.25, 0.3) is 0 Å². The van der Waals surface area contributed by atoms with Crippen molar-refractivity contribution in [3.05, 3.63) is 78.5 Å². The molecule has 158 valence electrons. The first-order chi connectivity index (χ1) is 14.6. The van der Waals surface area contributed by atoms with E-state index in [0.717, 1.165) is 16.7 Å². The first-order valence-electron chi connectivity index (χ1n) is 9.98. The van der Waals surface area contributed by atoms with Crippen molar-refractivity contribution in [2.24, 2.45) is 5.73 Å². The first kappa shape index (κ1) is 26.9. The van der Waals surface area contributed by atoms with Crippen LogP contribution in [-0.2, 0) is 4.79 Å². The van der Waals surface area contributed by atoms with Crippen LogP contribution in [0.25, 0.3) is 16.7 Å². The number of carbonyl (C=O) groups is 1. The predicted molar refractivity (Wildman–Crippen MR) is 130 cm³/mol. The van der Waals surface area contributed by atoms with Crippen molar-refractivity contribution in [3.63, 3.8) is 0 Å². The normalized spacial score (nSPS) is 10.2. The molecule has 0 radical (unpaired) electrons. The van der Waals surface area contributed by atoms with Crippen molar-refractivity contribution in [1.29, 1.82) is 5.26 Å². The summed E-state index contributed by atoms with van der Waals surface area (Å²) in [6.45, 7) is 13.7. The lowest BCUT2D eigenvalue weighted by molar-refractivity contribution is -0.115. The molecule has 0 atom stereocenters. The Morgan fingerprint density at radius 2 is 1.87 bits per heavy atom. The van der Waals surface area contributed by atoms with E-state index in [-0.39, 0.29) is 5.75 Å². The van der Waals surface area contributed by atoms with E-state index in [1.807, 2.05) is 89.2 Å². The molecule has 0 bridgehead atoms. The van der Waals surface area contributed by atoms with Gasteiger partial charge in [-0.3, -0.25) is 4.79 Å². The lowest BCUT2D eigenvalue weighted by Gasteiger charge is -2.12. The van der Waals surface area contributed by atoms with E-state index in [4.69, 9.17) is 5.73 Å². The number of primary amides is 1. The van der Waals surface area contributed by atoms with E-state index in [1.54, 1.807) is 6.08 Å². The van der Waals surface area contributed by atoms with Crippen LogP contribution in [0.4, 0.5) is 0 Å². The third-order valence-corrected chi connectivity index (χ3v) is 4.47. The summed E-state index contributed by atoms with van der Waals surface area (Å²) in [5.74, 6) is -0.397. The maximum absolute atomic E-state index is 11.2. The van der Waals surface area contributed by atoms with Gasteiger partial charge in [0, 0.05) is 5.56 Å². The Morgan fingerprint density at radius 3 is 2.37 bits per heavy atom. The average Bonchev–Trinajstić information content (AvgIpc) is 2.80. The van der Waals surface area contributed by atoms with Crippen LogP contribution in [-0.4, -0.2) is 16.6 Å². The van der Waals surface area contributed by atoms with Crippen LogP contribution < -0.4 is 5.73 Å². The third kappa shape index (κ3) is 8.10. The van der Waals surface area contributed by atoms with Gasteiger partial charge in [-0.05, 0) is 24.1 Å². The molecule has 1 aromatic carbocycles. The molecule has 4 nitrogen and oxygen atoms in total. The van der Waals surface area contributed by atoms with Crippen LogP contribution in [0.5, 0.6) is 0 Å². The Balaban J connectivity index is 0.00000198. The van der Waals surface area contributed by atoms with E-state index in [1.165, 1.54) is 11.8 Å². The third-order valence-electron chi connectivity index (χ3n) is 3.47. The summed E-state index contributed by atoms with van der Waals surface area (Å²) in [5, 5.41) is 10.2. The summed E-state index contributed by atoms with van der Waals surface area (Å²) in [7, 11) is 0. The largest absolute Gasteiger partial charge is 0.369 e. The standard InChI is InChI=1S/C21H19N3OS.2C2H6/c1-3-8-16(9-4-2)19-12-17(15-10-6-5-7-11-15)18(13-22)21(24-19)26-14-20(23)25;2*1-2/h3-12H,1,14H2,2H3,(H2,23,25);2*1-2H3/b9-4-,16-8+;;. The summed E-state index contributed by atoms with van der Waals surface area (Å²) in [4.78, 5) is 15.8. The van der Waals surface area contributed by atoms with Gasteiger partial charge in [0.2, 0.25) is 5.91 Å². The maximum Gasteiger partial charge on any atom is 0.227 e. The van der Waals surface area contributed by atoms with Gasteiger partial charge in [-0.1, -0.05) is 101 Å². The molecule has 0 aliphatic heterocycles. The Labute approximate surface area is 185 Å². The zero-order chi connectivity index (χ0) is 22.9. The van der Waals surface area contributed by atoms with Crippen molar-refractivity contribution >= 4 is 23.2 Å². The van der Waals surface area contributed by atoms with Crippen LogP contribution >= 0.6 is 11.8 Å². The number of rotatable bonds is 7. The van der Waals surface area contributed by atoms with Crippen LogP contribution in [0.1, 0.15) is 45.9 Å². The van der Waals surface area contributed by atoms with Gasteiger partial charge < -0.3 is 5.73 Å². The molecule has 5 heteroatoms. The van der Waals surface area contributed by atoms with Crippen molar-refractivity contribution in [2.75, 3.05) is 5.75 Å². The number of nitrogens with two attached hydrogens (primary N) is 1. The minimum absolute atomic E-state index is 0.0590. The fourth-order valence-corrected chi connectivity index (χ4v) is 3.14. The molecule has 0 aliphatic rings. The van der Waals surface area contributed by atoms with Gasteiger partial charge in [-0.2, -0.15) is 5.26 Å². The molecule has 0 saturated heterocycles. The number of thioether (sulfide) groups is 1. The van der Waals surface area contributed by atoms with E-state index >= 15 is 0 Å². The average molecular weight is 422 g/mol. The van der Waals surface area contributed by atoms with E-state index in [9.17, 15) is 10.1 Å². The Hall–Kier alpha value is -3.10. The number of benzene rings is 1. The molecule has 1 heterocycles. The molecule has 2 aromatic rings. The number of hydrogen-bond acceptors (Lipinski definition) is 4. The number of allylic oxidation sites excluding steroid dienone is 5. The second-order valence-corrected chi connectivity index (χ2v) is 6.29. The zero-order valence-corrected chi connectivity index (χ0v) is 19.3. The number of nitrogens with zero attached hydrogens (tertiary/aromatic N) is 2. The van der Waals surface area contributed by atoms with Crippen LogP contribution in [0, 0.1) is 11.3 Å². The van der Waals surface area contributed by atoms with Gasteiger partial charge in [0.1, 0.15) is 11.1 Å². The predicted octanol–water partition coefficient (Wildman–Crippen LogP) is 6.40. The number of nitriles is 1. The molecule has 0 unspecified atom stereocenters. The van der Waals surface area contributed by atoms with Gasteiger partial charge in [0.15, 0.2) is 0 Å². The summed E-state index contributed by atoms with van der Waals surface area (Å²) < 4.78 is 0. The molecule has 0 spiro atoms. The number of aromatic nitrogens is 1. The van der Waals surface area contributed by atoms with E-state index in [2.05, 4.69) is 17.6 Å². The van der Waals surface area contributed by atoms with E-state index < -0.39 is 5.91 Å². The van der Waals surface area contributed by atoms with Crippen molar-refractivity contribution in [1.82, 2.24) is 4.98 Å². The smallest absolute Gasteiger partial charge is 0.227 e. The lowest BCUT2D eigenvalue weighted by Crippen LogP contribution is -2.13.